The van der Waals surface area contributed by atoms with E-state index < -0.39 is 6.04 Å². The third kappa shape index (κ3) is 6.50. The van der Waals surface area contributed by atoms with Gasteiger partial charge in [0.05, 0.1) is 21.8 Å². The molecule has 7 nitrogen and oxygen atoms in total. The van der Waals surface area contributed by atoms with Crippen molar-refractivity contribution in [1.29, 1.82) is 0 Å². The molecule has 174 valence electrons. The molecule has 0 radical (unpaired) electrons. The lowest BCUT2D eigenvalue weighted by Gasteiger charge is -2.15. The van der Waals surface area contributed by atoms with Crippen molar-refractivity contribution in [3.05, 3.63) is 69.0 Å². The number of thioether (sulfide) groups is 1. The highest BCUT2D eigenvalue weighted by Crippen LogP contribution is 2.24. The van der Waals surface area contributed by atoms with E-state index in [1.807, 2.05) is 44.4 Å². The van der Waals surface area contributed by atoms with Crippen molar-refractivity contribution in [2.45, 2.75) is 45.4 Å². The van der Waals surface area contributed by atoms with E-state index >= 15 is 0 Å². The van der Waals surface area contributed by atoms with Gasteiger partial charge in [-0.25, -0.2) is 0 Å². The van der Waals surface area contributed by atoms with Crippen molar-refractivity contribution in [2.75, 3.05) is 11.1 Å². The maximum absolute atomic E-state index is 12.6. The van der Waals surface area contributed by atoms with E-state index in [9.17, 15) is 9.59 Å². The lowest BCUT2D eigenvalue weighted by Crippen LogP contribution is -2.28. The molecule has 10 heteroatoms. The number of amides is 2. The van der Waals surface area contributed by atoms with Crippen LogP contribution in [0.2, 0.25) is 10.0 Å². The molecule has 1 heterocycles. The smallest absolute Gasteiger partial charge is 0.251 e. The third-order valence-electron chi connectivity index (χ3n) is 4.82. The summed E-state index contributed by atoms with van der Waals surface area (Å²) in [4.78, 5) is 25.0. The molecule has 0 bridgehead atoms. The van der Waals surface area contributed by atoms with Crippen LogP contribution in [0.3, 0.4) is 0 Å². The van der Waals surface area contributed by atoms with Gasteiger partial charge in [0.25, 0.3) is 5.91 Å². The van der Waals surface area contributed by atoms with Gasteiger partial charge in [-0.05, 0) is 69.2 Å². The minimum Gasteiger partial charge on any atom is -0.342 e. The van der Waals surface area contributed by atoms with Crippen LogP contribution in [0.15, 0.2) is 41.6 Å². The van der Waals surface area contributed by atoms with Gasteiger partial charge >= 0.3 is 0 Å². The van der Waals surface area contributed by atoms with Gasteiger partial charge in [0, 0.05) is 17.8 Å². The molecule has 0 aliphatic rings. The Morgan fingerprint density at radius 2 is 1.76 bits per heavy atom. The molecule has 0 spiro atoms. The van der Waals surface area contributed by atoms with Crippen LogP contribution in [0.4, 0.5) is 5.69 Å². The van der Waals surface area contributed by atoms with Gasteiger partial charge in [-0.2, -0.15) is 0 Å². The van der Waals surface area contributed by atoms with E-state index in [1.165, 1.54) is 17.8 Å². The Balaban J connectivity index is 1.64. The van der Waals surface area contributed by atoms with Gasteiger partial charge in [-0.15, -0.1) is 10.2 Å². The van der Waals surface area contributed by atoms with Crippen molar-refractivity contribution in [1.82, 2.24) is 20.1 Å². The predicted octanol–water partition coefficient (Wildman–Crippen LogP) is 5.44. The molecule has 2 aromatic carbocycles. The molecule has 0 aliphatic heterocycles. The summed E-state index contributed by atoms with van der Waals surface area (Å²) in [6.45, 7) is 8.36. The second-order valence-corrected chi connectivity index (χ2v) is 9.38. The van der Waals surface area contributed by atoms with Crippen LogP contribution in [0.5, 0.6) is 0 Å². The molecule has 0 fully saturated rings. The summed E-state index contributed by atoms with van der Waals surface area (Å²) in [6, 6.07) is 10.2. The lowest BCUT2D eigenvalue weighted by atomic mass is 10.1. The SMILES string of the molecule is CCn1c(SCC(=O)Nc2cc(C)cc(C)c2)nnc1[C@H](C)NC(=O)c1ccc(Cl)c(Cl)c1. The first-order chi connectivity index (χ1) is 15.7. The average molecular weight is 506 g/mol. The molecular formula is C23H25Cl2N5O2S. The number of halogens is 2. The molecule has 0 saturated carbocycles. The predicted molar refractivity (Wildman–Crippen MR) is 133 cm³/mol. The maximum atomic E-state index is 12.6. The fourth-order valence-electron chi connectivity index (χ4n) is 3.38. The van der Waals surface area contributed by atoms with Crippen molar-refractivity contribution >= 4 is 52.5 Å². The Hall–Kier alpha value is -2.55. The number of carbonyl (C=O) groups is 2. The Morgan fingerprint density at radius 1 is 1.06 bits per heavy atom. The van der Waals surface area contributed by atoms with E-state index in [1.54, 1.807) is 12.1 Å². The second-order valence-electron chi connectivity index (χ2n) is 7.62. The average Bonchev–Trinajstić information content (AvgIpc) is 3.16. The van der Waals surface area contributed by atoms with Crippen LogP contribution in [-0.4, -0.2) is 32.3 Å². The third-order valence-corrected chi connectivity index (χ3v) is 6.52. The van der Waals surface area contributed by atoms with E-state index in [2.05, 4.69) is 26.9 Å². The minimum atomic E-state index is -0.405. The van der Waals surface area contributed by atoms with Crippen molar-refractivity contribution < 1.29 is 9.59 Å². The summed E-state index contributed by atoms with van der Waals surface area (Å²) < 4.78 is 1.88. The number of nitrogens with one attached hydrogen (secondary N) is 2. The van der Waals surface area contributed by atoms with Crippen molar-refractivity contribution in [2.24, 2.45) is 0 Å². The number of aromatic nitrogens is 3. The quantitative estimate of drug-likeness (QED) is 0.397. The van der Waals surface area contributed by atoms with E-state index in [0.717, 1.165) is 16.8 Å². The van der Waals surface area contributed by atoms with E-state index in [4.69, 9.17) is 23.2 Å². The Kier molecular flexibility index (Phi) is 8.40. The Morgan fingerprint density at radius 3 is 2.39 bits per heavy atom. The molecule has 2 amide bonds. The van der Waals surface area contributed by atoms with Gasteiger partial charge < -0.3 is 15.2 Å². The fraction of sp³-hybridized carbons (Fsp3) is 0.304. The van der Waals surface area contributed by atoms with E-state index in [0.29, 0.717) is 33.1 Å². The lowest BCUT2D eigenvalue weighted by molar-refractivity contribution is -0.113. The highest BCUT2D eigenvalue weighted by molar-refractivity contribution is 7.99. The standard InChI is InChI=1S/C23H25Cl2N5O2S/c1-5-30-21(15(4)26-22(32)16-6-7-18(24)19(25)11-16)28-29-23(30)33-12-20(31)27-17-9-13(2)8-14(3)10-17/h6-11,15H,5,12H2,1-4H3,(H,26,32)(H,27,31)/t15-/m0/s1. The molecule has 3 rings (SSSR count). The maximum Gasteiger partial charge on any atom is 0.251 e. The van der Waals surface area contributed by atoms with Crippen molar-refractivity contribution in [3.8, 4) is 0 Å². The molecule has 2 N–H and O–H groups in total. The summed E-state index contributed by atoms with van der Waals surface area (Å²) in [7, 11) is 0. The topological polar surface area (TPSA) is 88.9 Å². The fourth-order valence-corrected chi connectivity index (χ4v) is 4.49. The Bertz CT molecular complexity index is 1160. The number of anilines is 1. The summed E-state index contributed by atoms with van der Waals surface area (Å²) in [5.41, 5.74) is 3.35. The zero-order valence-electron chi connectivity index (χ0n) is 18.8. The molecule has 0 aliphatic carbocycles. The highest BCUT2D eigenvalue weighted by Gasteiger charge is 2.20. The zero-order chi connectivity index (χ0) is 24.1. The van der Waals surface area contributed by atoms with Gasteiger partial charge in [0.15, 0.2) is 11.0 Å². The van der Waals surface area contributed by atoms with Crippen LogP contribution < -0.4 is 10.6 Å². The number of aryl methyl sites for hydroxylation is 2. The molecule has 33 heavy (non-hydrogen) atoms. The first-order valence-corrected chi connectivity index (χ1v) is 12.1. The van der Waals surface area contributed by atoms with Gasteiger partial charge in [-0.1, -0.05) is 41.0 Å². The molecule has 1 atom stereocenters. The molecule has 0 saturated heterocycles. The summed E-state index contributed by atoms with van der Waals surface area (Å²) >= 11 is 13.2. The zero-order valence-corrected chi connectivity index (χ0v) is 21.1. The number of nitrogens with zero attached hydrogens (tertiary/aromatic N) is 3. The van der Waals surface area contributed by atoms with Gasteiger partial charge in [0.2, 0.25) is 5.91 Å². The van der Waals surface area contributed by atoms with Crippen LogP contribution >= 0.6 is 35.0 Å². The van der Waals surface area contributed by atoms with Crippen LogP contribution in [0.1, 0.15) is 47.2 Å². The Labute approximate surface area is 207 Å². The number of rotatable bonds is 8. The first-order valence-electron chi connectivity index (χ1n) is 10.4. The minimum absolute atomic E-state index is 0.127. The normalized spacial score (nSPS) is 11.8. The first kappa shape index (κ1) is 25.1. The highest BCUT2D eigenvalue weighted by atomic mass is 35.5. The number of hydrogen-bond acceptors (Lipinski definition) is 5. The molecule has 1 aromatic heterocycles. The largest absolute Gasteiger partial charge is 0.342 e. The molecule has 0 unspecified atom stereocenters. The molecular weight excluding hydrogens is 481 g/mol. The van der Waals surface area contributed by atoms with Gasteiger partial charge in [0.1, 0.15) is 0 Å². The van der Waals surface area contributed by atoms with Crippen LogP contribution in [0, 0.1) is 13.8 Å². The molecule has 3 aromatic rings. The number of hydrogen-bond donors (Lipinski definition) is 2. The second kappa shape index (κ2) is 11.0. The van der Waals surface area contributed by atoms with E-state index in [-0.39, 0.29) is 17.6 Å². The summed E-state index contributed by atoms with van der Waals surface area (Å²) in [5, 5.41) is 15.6. The van der Waals surface area contributed by atoms with Crippen LogP contribution in [-0.2, 0) is 11.3 Å². The number of carbonyl (C=O) groups excluding carboxylic acids is 2. The number of benzene rings is 2. The van der Waals surface area contributed by atoms with Crippen LogP contribution in [0.25, 0.3) is 0 Å². The summed E-state index contributed by atoms with van der Waals surface area (Å²) in [6.07, 6.45) is 0. The van der Waals surface area contributed by atoms with Gasteiger partial charge in [-0.3, -0.25) is 9.59 Å². The summed E-state index contributed by atoms with van der Waals surface area (Å²) in [5.74, 6) is 0.366. The van der Waals surface area contributed by atoms with Crippen molar-refractivity contribution in [3.63, 3.8) is 0 Å². The monoisotopic (exact) mass is 505 g/mol.